The average molecular weight is 549 g/mol. The monoisotopic (exact) mass is 548 g/mol. The van der Waals surface area contributed by atoms with Gasteiger partial charge in [0.2, 0.25) is 0 Å². The lowest BCUT2D eigenvalue weighted by Crippen LogP contribution is -2.44. The van der Waals surface area contributed by atoms with E-state index in [4.69, 9.17) is 14.5 Å². The predicted molar refractivity (Wildman–Crippen MR) is 145 cm³/mol. The van der Waals surface area contributed by atoms with Crippen LogP contribution in [0.3, 0.4) is 0 Å². The molecule has 5 heterocycles. The lowest BCUT2D eigenvalue weighted by Gasteiger charge is -2.36. The lowest BCUT2D eigenvalue weighted by atomic mass is 9.98. The van der Waals surface area contributed by atoms with E-state index in [9.17, 15) is 18.4 Å². The number of hydrogen-bond acceptors (Lipinski definition) is 5. The fraction of sp³-hybridized carbons (Fsp3) is 0.367. The van der Waals surface area contributed by atoms with Gasteiger partial charge in [-0.1, -0.05) is 0 Å². The standard InChI is InChI=1S/C30H30F2N4O4/c1-30(2,3)40-29(38)36-19-7-9-23(36)27-21-8-10-25(33-28(21)34(4)24(27)14-19)35-12-11-20(15-26(35)37)39-16-17-5-6-18(31)13-22(17)32/h5-6,8,10-13,15,19,23H,7,9,14,16H2,1-4H3. The molecule has 8 nitrogen and oxygen atoms in total. The molecule has 4 aromatic rings. The Morgan fingerprint density at radius 1 is 1.10 bits per heavy atom. The van der Waals surface area contributed by atoms with Crippen LogP contribution in [0.1, 0.15) is 56.5 Å². The van der Waals surface area contributed by atoms with Gasteiger partial charge in [-0.15, -0.1) is 0 Å². The van der Waals surface area contributed by atoms with Gasteiger partial charge in [0, 0.05) is 60.0 Å². The zero-order valence-corrected chi connectivity index (χ0v) is 22.8. The van der Waals surface area contributed by atoms with E-state index in [1.165, 1.54) is 16.7 Å². The third-order valence-electron chi connectivity index (χ3n) is 7.60. The molecule has 2 unspecified atom stereocenters. The van der Waals surface area contributed by atoms with Crippen LogP contribution in [0.25, 0.3) is 16.9 Å². The van der Waals surface area contributed by atoms with Gasteiger partial charge in [-0.05, 0) is 63.9 Å². The Balaban J connectivity index is 1.28. The Bertz CT molecular complexity index is 1700. The van der Waals surface area contributed by atoms with Crippen LogP contribution in [-0.4, -0.2) is 36.8 Å². The summed E-state index contributed by atoms with van der Waals surface area (Å²) < 4.78 is 41.8. The molecule has 2 bridgehead atoms. The van der Waals surface area contributed by atoms with E-state index in [2.05, 4.69) is 4.57 Å². The molecule has 1 saturated heterocycles. The maximum atomic E-state index is 13.9. The lowest BCUT2D eigenvalue weighted by molar-refractivity contribution is 0.0124. The summed E-state index contributed by atoms with van der Waals surface area (Å²) in [5.41, 5.74) is 2.23. The number of benzene rings is 1. The van der Waals surface area contributed by atoms with Crippen LogP contribution in [0, 0.1) is 11.6 Å². The highest BCUT2D eigenvalue weighted by Gasteiger charge is 2.46. The van der Waals surface area contributed by atoms with Crippen LogP contribution >= 0.6 is 0 Å². The largest absolute Gasteiger partial charge is 0.489 e. The summed E-state index contributed by atoms with van der Waals surface area (Å²) in [6, 6.07) is 9.90. The van der Waals surface area contributed by atoms with Crippen LogP contribution in [-0.2, 0) is 24.8 Å². The van der Waals surface area contributed by atoms with Crippen molar-refractivity contribution in [2.24, 2.45) is 7.05 Å². The molecule has 208 valence electrons. The number of ether oxygens (including phenoxy) is 2. The number of pyridine rings is 2. The number of carbonyl (C=O) groups is 1. The van der Waals surface area contributed by atoms with E-state index in [0.717, 1.165) is 47.3 Å². The van der Waals surface area contributed by atoms with Crippen molar-refractivity contribution in [1.29, 1.82) is 0 Å². The minimum atomic E-state index is -0.710. The van der Waals surface area contributed by atoms with Gasteiger partial charge < -0.3 is 14.0 Å². The number of carbonyl (C=O) groups excluding carboxylic acids is 1. The Labute approximate surface area is 229 Å². The van der Waals surface area contributed by atoms with E-state index in [1.807, 2.05) is 38.8 Å². The minimum absolute atomic E-state index is 0.0772. The molecule has 3 aromatic heterocycles. The van der Waals surface area contributed by atoms with Gasteiger partial charge in [0.25, 0.3) is 5.56 Å². The molecule has 0 spiro atoms. The van der Waals surface area contributed by atoms with E-state index < -0.39 is 17.2 Å². The smallest absolute Gasteiger partial charge is 0.411 e. The number of halogens is 2. The van der Waals surface area contributed by atoms with Crippen molar-refractivity contribution in [3.8, 4) is 11.6 Å². The van der Waals surface area contributed by atoms with Crippen LogP contribution < -0.4 is 10.3 Å². The molecule has 2 atom stereocenters. The van der Waals surface area contributed by atoms with Crippen molar-refractivity contribution in [2.45, 2.75) is 64.3 Å². The van der Waals surface area contributed by atoms with Crippen molar-refractivity contribution in [2.75, 3.05) is 0 Å². The van der Waals surface area contributed by atoms with Crippen LogP contribution in [0.5, 0.6) is 5.75 Å². The first-order chi connectivity index (χ1) is 19.0. The predicted octanol–water partition coefficient (Wildman–Crippen LogP) is 5.58. The summed E-state index contributed by atoms with van der Waals surface area (Å²) in [6.45, 7) is 5.48. The maximum absolute atomic E-state index is 13.9. The van der Waals surface area contributed by atoms with Gasteiger partial charge in [-0.25, -0.2) is 18.6 Å². The normalized spacial score (nSPS) is 18.2. The highest BCUT2D eigenvalue weighted by atomic mass is 19.1. The summed E-state index contributed by atoms with van der Waals surface area (Å²) in [7, 11) is 1.97. The van der Waals surface area contributed by atoms with Crippen LogP contribution in [0.15, 0.2) is 53.5 Å². The SMILES string of the molecule is Cn1c2c(c3ccc(-n4ccc(OCc5ccc(F)cc5F)cc4=O)nc31)C1CCC(C2)N1C(=O)OC(C)(C)C. The zero-order valence-electron chi connectivity index (χ0n) is 22.8. The second-order valence-electron chi connectivity index (χ2n) is 11.4. The number of rotatable bonds is 4. The summed E-state index contributed by atoms with van der Waals surface area (Å²) in [5.74, 6) is -0.668. The maximum Gasteiger partial charge on any atom is 0.411 e. The second kappa shape index (κ2) is 9.46. The molecule has 40 heavy (non-hydrogen) atoms. The number of fused-ring (bicyclic) bond motifs is 6. The van der Waals surface area contributed by atoms with Crippen LogP contribution in [0.4, 0.5) is 13.6 Å². The molecule has 1 aromatic carbocycles. The Hall–Kier alpha value is -4.21. The molecular formula is C30H30F2N4O4. The van der Waals surface area contributed by atoms with Crippen molar-refractivity contribution < 1.29 is 23.0 Å². The molecule has 1 fully saturated rings. The summed E-state index contributed by atoms with van der Waals surface area (Å²) in [5, 5.41) is 0.953. The third kappa shape index (κ3) is 4.51. The number of amides is 1. The molecule has 0 radical (unpaired) electrons. The highest BCUT2D eigenvalue weighted by Crippen LogP contribution is 2.47. The molecular weight excluding hydrogens is 518 g/mol. The van der Waals surface area contributed by atoms with Crippen molar-refractivity contribution >= 4 is 17.1 Å². The molecule has 0 aliphatic carbocycles. The summed E-state index contributed by atoms with van der Waals surface area (Å²) in [6.07, 6.45) is 3.77. The summed E-state index contributed by atoms with van der Waals surface area (Å²) >= 11 is 0. The molecule has 10 heteroatoms. The Morgan fingerprint density at radius 3 is 2.62 bits per heavy atom. The van der Waals surface area contributed by atoms with E-state index >= 15 is 0 Å². The van der Waals surface area contributed by atoms with Crippen LogP contribution in [0.2, 0.25) is 0 Å². The number of nitrogens with zero attached hydrogens (tertiary/aromatic N) is 4. The van der Waals surface area contributed by atoms with Crippen molar-refractivity contribution in [3.05, 3.63) is 87.5 Å². The van der Waals surface area contributed by atoms with E-state index in [-0.39, 0.29) is 41.7 Å². The van der Waals surface area contributed by atoms with E-state index in [1.54, 1.807) is 18.3 Å². The van der Waals surface area contributed by atoms with Crippen molar-refractivity contribution in [3.63, 3.8) is 0 Å². The minimum Gasteiger partial charge on any atom is -0.489 e. The molecule has 2 aliphatic rings. The molecule has 6 rings (SSSR count). The molecule has 0 N–H and O–H groups in total. The first-order valence-corrected chi connectivity index (χ1v) is 13.3. The van der Waals surface area contributed by atoms with Crippen molar-refractivity contribution in [1.82, 2.24) is 19.0 Å². The number of aromatic nitrogens is 3. The second-order valence-corrected chi connectivity index (χ2v) is 11.4. The van der Waals surface area contributed by atoms with Gasteiger partial charge in [-0.2, -0.15) is 0 Å². The Morgan fingerprint density at radius 2 is 1.90 bits per heavy atom. The topological polar surface area (TPSA) is 78.6 Å². The Kier molecular flexibility index (Phi) is 6.16. The van der Waals surface area contributed by atoms with Gasteiger partial charge >= 0.3 is 6.09 Å². The molecule has 2 aliphatic heterocycles. The highest BCUT2D eigenvalue weighted by molar-refractivity contribution is 5.85. The first kappa shape index (κ1) is 26.0. The van der Waals surface area contributed by atoms with E-state index in [0.29, 0.717) is 12.2 Å². The third-order valence-corrected chi connectivity index (χ3v) is 7.60. The summed E-state index contributed by atoms with van der Waals surface area (Å²) in [4.78, 5) is 32.8. The zero-order chi connectivity index (χ0) is 28.3. The number of aryl methyl sites for hydroxylation is 1. The van der Waals surface area contributed by atoms with Gasteiger partial charge in [0.05, 0.1) is 6.04 Å². The van der Waals surface area contributed by atoms with Gasteiger partial charge in [-0.3, -0.25) is 14.3 Å². The average Bonchev–Trinajstić information content (AvgIpc) is 3.35. The van der Waals surface area contributed by atoms with Gasteiger partial charge in [0.1, 0.15) is 41.1 Å². The number of hydrogen-bond donors (Lipinski definition) is 0. The fourth-order valence-corrected chi connectivity index (χ4v) is 5.84. The molecule has 1 amide bonds. The molecule has 0 saturated carbocycles. The first-order valence-electron chi connectivity index (χ1n) is 13.3. The fourth-order valence-electron chi connectivity index (χ4n) is 5.84. The van der Waals surface area contributed by atoms with Gasteiger partial charge in [0.15, 0.2) is 0 Å². The quantitative estimate of drug-likeness (QED) is 0.333.